The average molecular weight is 312 g/mol. The Morgan fingerprint density at radius 2 is 2.06 bits per heavy atom. The van der Waals surface area contributed by atoms with E-state index in [1.807, 2.05) is 0 Å². The number of carbonyl (C=O) groups is 1. The van der Waals surface area contributed by atoms with Gasteiger partial charge in [0.05, 0.1) is 11.4 Å². The van der Waals surface area contributed by atoms with Crippen LogP contribution in [0.2, 0.25) is 0 Å². The molecule has 0 radical (unpaired) electrons. The van der Waals surface area contributed by atoms with E-state index in [2.05, 4.69) is 21.2 Å². The van der Waals surface area contributed by atoms with Gasteiger partial charge in [-0.05, 0) is 18.2 Å². The first-order valence-electron chi connectivity index (χ1n) is 4.44. The van der Waals surface area contributed by atoms with Crippen LogP contribution in [0.1, 0.15) is 0 Å². The van der Waals surface area contributed by atoms with E-state index in [4.69, 9.17) is 5.73 Å². The molecule has 0 aliphatic rings. The maximum atomic E-state index is 11.8. The predicted molar refractivity (Wildman–Crippen MR) is 61.6 cm³/mol. The van der Waals surface area contributed by atoms with Crippen molar-refractivity contribution in [1.29, 1.82) is 0 Å². The van der Waals surface area contributed by atoms with Gasteiger partial charge in [0.1, 0.15) is 6.54 Å². The zero-order chi connectivity index (χ0) is 13.1. The van der Waals surface area contributed by atoms with Crippen molar-refractivity contribution in [2.45, 2.75) is 6.18 Å². The van der Waals surface area contributed by atoms with Crippen LogP contribution in [0.4, 0.5) is 29.3 Å². The Labute approximate surface area is 103 Å². The smallest absolute Gasteiger partial charge is 0.397 e. The van der Waals surface area contributed by atoms with E-state index in [0.29, 0.717) is 4.47 Å². The van der Waals surface area contributed by atoms with Crippen molar-refractivity contribution < 1.29 is 18.0 Å². The lowest BCUT2D eigenvalue weighted by Gasteiger charge is -2.11. The number of benzene rings is 1. The van der Waals surface area contributed by atoms with Gasteiger partial charge in [0.2, 0.25) is 0 Å². The van der Waals surface area contributed by atoms with E-state index >= 15 is 0 Å². The summed E-state index contributed by atoms with van der Waals surface area (Å²) in [6, 6.07) is 3.65. The minimum Gasteiger partial charge on any atom is -0.397 e. The lowest BCUT2D eigenvalue weighted by molar-refractivity contribution is -0.122. The molecule has 0 aromatic heterocycles. The Balaban J connectivity index is 2.57. The number of rotatable bonds is 2. The molecule has 0 bridgehead atoms. The summed E-state index contributed by atoms with van der Waals surface area (Å²) in [4.78, 5) is 11.1. The summed E-state index contributed by atoms with van der Waals surface area (Å²) in [5.41, 5.74) is 6.05. The molecule has 1 aromatic carbocycles. The number of nitrogens with one attached hydrogen (secondary N) is 2. The zero-order valence-electron chi connectivity index (χ0n) is 8.44. The van der Waals surface area contributed by atoms with Crippen molar-refractivity contribution >= 4 is 33.3 Å². The van der Waals surface area contributed by atoms with Crippen LogP contribution in [-0.2, 0) is 0 Å². The van der Waals surface area contributed by atoms with Crippen LogP contribution in [0.15, 0.2) is 22.7 Å². The van der Waals surface area contributed by atoms with Gasteiger partial charge in [-0.1, -0.05) is 15.9 Å². The molecule has 0 aliphatic heterocycles. The molecule has 1 aromatic rings. The van der Waals surface area contributed by atoms with Crippen LogP contribution in [0.5, 0.6) is 0 Å². The molecule has 0 atom stereocenters. The van der Waals surface area contributed by atoms with E-state index in [1.54, 1.807) is 11.4 Å². The fourth-order valence-electron chi connectivity index (χ4n) is 0.994. The average Bonchev–Trinajstić information content (AvgIpc) is 2.18. The van der Waals surface area contributed by atoms with Gasteiger partial charge in [0.25, 0.3) is 0 Å². The molecule has 0 heterocycles. The Morgan fingerprint density at radius 1 is 1.41 bits per heavy atom. The van der Waals surface area contributed by atoms with Crippen LogP contribution in [0.25, 0.3) is 0 Å². The largest absolute Gasteiger partial charge is 0.405 e. The number of anilines is 2. The highest BCUT2D eigenvalue weighted by molar-refractivity contribution is 9.10. The maximum absolute atomic E-state index is 11.8. The molecular formula is C9H9BrF3N3O. The summed E-state index contributed by atoms with van der Waals surface area (Å²) >= 11 is 3.16. The SMILES string of the molecule is Nc1cc(Br)ccc1NC(=O)NCC(F)(F)F. The minimum absolute atomic E-state index is 0.243. The van der Waals surface area contributed by atoms with Crippen LogP contribution in [0.3, 0.4) is 0 Å². The zero-order valence-corrected chi connectivity index (χ0v) is 10.0. The third kappa shape index (κ3) is 4.94. The highest BCUT2D eigenvalue weighted by Crippen LogP contribution is 2.22. The summed E-state index contributed by atoms with van der Waals surface area (Å²) in [6.45, 7) is -1.39. The Hall–Kier alpha value is -1.44. The molecule has 94 valence electrons. The molecule has 4 nitrogen and oxygen atoms in total. The van der Waals surface area contributed by atoms with Gasteiger partial charge in [-0.3, -0.25) is 0 Å². The second-order valence-electron chi connectivity index (χ2n) is 3.15. The minimum atomic E-state index is -4.44. The van der Waals surface area contributed by atoms with Gasteiger partial charge >= 0.3 is 12.2 Å². The monoisotopic (exact) mass is 311 g/mol. The Morgan fingerprint density at radius 3 is 2.59 bits per heavy atom. The first-order chi connectivity index (χ1) is 7.78. The summed E-state index contributed by atoms with van der Waals surface area (Å²) in [5, 5.41) is 3.88. The molecule has 0 aliphatic carbocycles. The van der Waals surface area contributed by atoms with Crippen molar-refractivity contribution in [3.63, 3.8) is 0 Å². The van der Waals surface area contributed by atoms with E-state index in [0.717, 1.165) is 0 Å². The van der Waals surface area contributed by atoms with E-state index in [1.165, 1.54) is 12.1 Å². The predicted octanol–water partition coefficient (Wildman–Crippen LogP) is 2.72. The van der Waals surface area contributed by atoms with Gasteiger partial charge in [0.15, 0.2) is 0 Å². The number of amides is 2. The number of nitrogen functional groups attached to an aromatic ring is 1. The molecule has 8 heteroatoms. The number of alkyl halides is 3. The summed E-state index contributed by atoms with van der Waals surface area (Å²) < 4.78 is 36.1. The molecule has 0 fully saturated rings. The van der Waals surface area contributed by atoms with E-state index in [-0.39, 0.29) is 11.4 Å². The molecule has 17 heavy (non-hydrogen) atoms. The van der Waals surface area contributed by atoms with Gasteiger partial charge in [0, 0.05) is 4.47 Å². The second-order valence-corrected chi connectivity index (χ2v) is 4.07. The highest BCUT2D eigenvalue weighted by Gasteiger charge is 2.27. The molecule has 0 saturated carbocycles. The van der Waals surface area contributed by atoms with Crippen molar-refractivity contribution in [3.05, 3.63) is 22.7 Å². The van der Waals surface area contributed by atoms with Gasteiger partial charge in [-0.2, -0.15) is 13.2 Å². The maximum Gasteiger partial charge on any atom is 0.405 e. The van der Waals surface area contributed by atoms with Crippen molar-refractivity contribution in [2.75, 3.05) is 17.6 Å². The lowest BCUT2D eigenvalue weighted by Crippen LogP contribution is -2.36. The topological polar surface area (TPSA) is 67.1 Å². The molecule has 4 N–H and O–H groups in total. The number of halogens is 4. The molecule has 1 rings (SSSR count). The molecule has 2 amide bonds. The van der Waals surface area contributed by atoms with Crippen LogP contribution >= 0.6 is 15.9 Å². The fourth-order valence-corrected chi connectivity index (χ4v) is 1.37. The van der Waals surface area contributed by atoms with Gasteiger partial charge < -0.3 is 16.4 Å². The first kappa shape index (κ1) is 13.6. The molecule has 0 unspecified atom stereocenters. The Kier molecular flexibility index (Phi) is 4.22. The summed E-state index contributed by atoms with van der Waals surface area (Å²) in [7, 11) is 0. The quantitative estimate of drug-likeness (QED) is 0.735. The molecular weight excluding hydrogens is 303 g/mol. The van der Waals surface area contributed by atoms with Gasteiger partial charge in [-0.25, -0.2) is 4.79 Å². The van der Waals surface area contributed by atoms with E-state index < -0.39 is 18.8 Å². The van der Waals surface area contributed by atoms with Crippen molar-refractivity contribution in [2.24, 2.45) is 0 Å². The third-order valence-corrected chi connectivity index (χ3v) is 2.20. The Bertz CT molecular complexity index is 422. The number of hydrogen-bond acceptors (Lipinski definition) is 2. The molecule has 0 saturated heterocycles. The first-order valence-corrected chi connectivity index (χ1v) is 5.24. The highest BCUT2D eigenvalue weighted by atomic mass is 79.9. The number of urea groups is 1. The van der Waals surface area contributed by atoms with Crippen LogP contribution in [-0.4, -0.2) is 18.8 Å². The van der Waals surface area contributed by atoms with Gasteiger partial charge in [-0.15, -0.1) is 0 Å². The van der Waals surface area contributed by atoms with Crippen molar-refractivity contribution in [1.82, 2.24) is 5.32 Å². The molecule has 0 spiro atoms. The normalized spacial score (nSPS) is 11.1. The summed E-state index contributed by atoms with van der Waals surface area (Å²) in [5.74, 6) is 0. The number of hydrogen-bond donors (Lipinski definition) is 3. The third-order valence-electron chi connectivity index (χ3n) is 1.71. The number of nitrogens with two attached hydrogens (primary N) is 1. The lowest BCUT2D eigenvalue weighted by atomic mass is 10.3. The van der Waals surface area contributed by atoms with Crippen molar-refractivity contribution in [3.8, 4) is 0 Å². The fraction of sp³-hybridized carbons (Fsp3) is 0.222. The van der Waals surface area contributed by atoms with Crippen LogP contribution < -0.4 is 16.4 Å². The van der Waals surface area contributed by atoms with E-state index in [9.17, 15) is 18.0 Å². The van der Waals surface area contributed by atoms with Crippen LogP contribution in [0, 0.1) is 0 Å². The summed E-state index contributed by atoms with van der Waals surface area (Å²) in [6.07, 6.45) is -4.44. The standard InChI is InChI=1S/C9H9BrF3N3O/c10-5-1-2-7(6(14)3-5)16-8(17)15-4-9(11,12)13/h1-3H,4,14H2,(H2,15,16,17). The second kappa shape index (κ2) is 5.26. The number of carbonyl (C=O) groups excluding carboxylic acids is 1.